The van der Waals surface area contributed by atoms with Crippen LogP contribution in [0, 0.1) is 6.92 Å². The summed E-state index contributed by atoms with van der Waals surface area (Å²) in [5.41, 5.74) is 1.00. The molecule has 1 aromatic rings. The van der Waals surface area contributed by atoms with Gasteiger partial charge in [-0.15, -0.1) is 0 Å². The molecule has 0 unspecified atom stereocenters. The van der Waals surface area contributed by atoms with Gasteiger partial charge in [0.2, 0.25) is 0 Å². The largest absolute Gasteiger partial charge is 0.370 e. The fraction of sp³-hybridized carbons (Fsp3) is 0.571. The molecule has 6 heteroatoms. The molecule has 2 saturated heterocycles. The molecule has 110 valence electrons. The minimum Gasteiger partial charge on any atom is -0.370 e. The van der Waals surface area contributed by atoms with E-state index in [9.17, 15) is 8.42 Å². The molecule has 0 spiro atoms. The number of benzene rings is 1. The fourth-order valence-electron chi connectivity index (χ4n) is 2.48. The summed E-state index contributed by atoms with van der Waals surface area (Å²) in [5, 5.41) is 0. The first-order valence-corrected chi connectivity index (χ1v) is 8.19. The molecule has 0 N–H and O–H groups in total. The van der Waals surface area contributed by atoms with Crippen molar-refractivity contribution >= 4 is 10.1 Å². The van der Waals surface area contributed by atoms with Crippen LogP contribution in [0.1, 0.15) is 18.9 Å². The number of fused-ring (bicyclic) bond motifs is 1. The van der Waals surface area contributed by atoms with Crippen molar-refractivity contribution in [2.24, 2.45) is 0 Å². The highest BCUT2D eigenvalue weighted by Gasteiger charge is 2.55. The minimum atomic E-state index is -3.77. The van der Waals surface area contributed by atoms with Crippen LogP contribution in [-0.4, -0.2) is 39.4 Å². The third-order valence-corrected chi connectivity index (χ3v) is 5.08. The van der Waals surface area contributed by atoms with Crippen LogP contribution in [0.4, 0.5) is 0 Å². The quantitative estimate of drug-likeness (QED) is 0.611. The first kappa shape index (κ1) is 14.0. The van der Waals surface area contributed by atoms with Gasteiger partial charge in [-0.3, -0.25) is 4.18 Å². The second-order valence-electron chi connectivity index (χ2n) is 5.25. The summed E-state index contributed by atoms with van der Waals surface area (Å²) in [5.74, 6) is 0. The molecule has 0 aromatic heterocycles. The lowest BCUT2D eigenvalue weighted by atomic mass is 10.1. The normalized spacial score (nSPS) is 30.0. The Balaban J connectivity index is 1.75. The summed E-state index contributed by atoms with van der Waals surface area (Å²) in [6.45, 7) is 4.32. The van der Waals surface area contributed by atoms with Gasteiger partial charge in [-0.2, -0.15) is 8.42 Å². The SMILES string of the molecule is CC[C@H](OS(=O)(=O)c1ccc(C)cc1)[C@H]1OC[C@@H]2O[C@H]12. The zero-order valence-corrected chi connectivity index (χ0v) is 12.3. The summed E-state index contributed by atoms with van der Waals surface area (Å²) in [7, 11) is -3.77. The Bertz CT molecular complexity index is 580. The third-order valence-electron chi connectivity index (χ3n) is 3.73. The number of epoxide rings is 1. The van der Waals surface area contributed by atoms with Gasteiger partial charge in [0.05, 0.1) is 11.5 Å². The second-order valence-corrected chi connectivity index (χ2v) is 6.82. The molecular formula is C14H18O5S. The van der Waals surface area contributed by atoms with Crippen LogP contribution in [0.15, 0.2) is 29.2 Å². The number of aryl methyl sites for hydroxylation is 1. The van der Waals surface area contributed by atoms with E-state index in [1.165, 1.54) is 0 Å². The Morgan fingerprint density at radius 3 is 2.55 bits per heavy atom. The smallest absolute Gasteiger partial charge is 0.297 e. The maximum Gasteiger partial charge on any atom is 0.297 e. The van der Waals surface area contributed by atoms with Crippen LogP contribution in [0.5, 0.6) is 0 Å². The van der Waals surface area contributed by atoms with Gasteiger partial charge in [0.1, 0.15) is 24.4 Å². The van der Waals surface area contributed by atoms with E-state index in [4.69, 9.17) is 13.7 Å². The maximum atomic E-state index is 12.3. The molecule has 3 rings (SSSR count). The van der Waals surface area contributed by atoms with E-state index >= 15 is 0 Å². The van der Waals surface area contributed by atoms with E-state index in [0.717, 1.165) is 5.56 Å². The van der Waals surface area contributed by atoms with Crippen LogP contribution in [0.25, 0.3) is 0 Å². The monoisotopic (exact) mass is 298 g/mol. The average molecular weight is 298 g/mol. The Hall–Kier alpha value is -0.950. The predicted octanol–water partition coefficient (Wildman–Crippen LogP) is 1.65. The number of rotatable bonds is 5. The standard InChI is InChI=1S/C14H18O5S/c1-3-11(13-14-12(18-14)8-17-13)19-20(15,16)10-6-4-9(2)5-7-10/h4-7,11-14H,3,8H2,1-2H3/t11-,12-,13+,14-/m0/s1. The molecule has 2 aliphatic rings. The van der Waals surface area contributed by atoms with Gasteiger partial charge in [0.15, 0.2) is 0 Å². The minimum absolute atomic E-state index is 0.00633. The van der Waals surface area contributed by atoms with E-state index in [0.29, 0.717) is 13.0 Å². The third kappa shape index (κ3) is 2.61. The topological polar surface area (TPSA) is 65.1 Å². The fourth-order valence-corrected chi connectivity index (χ4v) is 3.63. The van der Waals surface area contributed by atoms with Gasteiger partial charge in [-0.25, -0.2) is 0 Å². The maximum absolute atomic E-state index is 12.3. The van der Waals surface area contributed by atoms with Crippen molar-refractivity contribution in [1.82, 2.24) is 0 Å². The predicted molar refractivity (Wildman–Crippen MR) is 71.9 cm³/mol. The summed E-state index contributed by atoms with van der Waals surface area (Å²) in [4.78, 5) is 0.174. The van der Waals surface area contributed by atoms with Crippen LogP contribution in [-0.2, 0) is 23.8 Å². The van der Waals surface area contributed by atoms with Gasteiger partial charge >= 0.3 is 0 Å². The molecule has 2 fully saturated rings. The lowest BCUT2D eigenvalue weighted by Crippen LogP contribution is -2.34. The molecule has 5 nitrogen and oxygen atoms in total. The van der Waals surface area contributed by atoms with Crippen molar-refractivity contribution in [2.45, 2.75) is 49.6 Å². The highest BCUT2D eigenvalue weighted by molar-refractivity contribution is 7.86. The Morgan fingerprint density at radius 2 is 2.05 bits per heavy atom. The molecule has 0 amide bonds. The number of hydrogen-bond donors (Lipinski definition) is 0. The lowest BCUT2D eigenvalue weighted by molar-refractivity contribution is -0.0365. The van der Waals surface area contributed by atoms with Gasteiger partial charge in [-0.1, -0.05) is 24.6 Å². The first-order chi connectivity index (χ1) is 9.51. The molecule has 1 aromatic carbocycles. The van der Waals surface area contributed by atoms with E-state index in [1.54, 1.807) is 24.3 Å². The Labute approximate surface area is 119 Å². The zero-order chi connectivity index (χ0) is 14.3. The Morgan fingerprint density at radius 1 is 1.35 bits per heavy atom. The molecule has 0 saturated carbocycles. The van der Waals surface area contributed by atoms with Gasteiger partial charge in [0, 0.05) is 0 Å². The highest BCUT2D eigenvalue weighted by atomic mass is 32.2. The zero-order valence-electron chi connectivity index (χ0n) is 11.5. The van der Waals surface area contributed by atoms with E-state index in [2.05, 4.69) is 0 Å². The van der Waals surface area contributed by atoms with Crippen molar-refractivity contribution in [1.29, 1.82) is 0 Å². The molecule has 20 heavy (non-hydrogen) atoms. The summed E-state index contributed by atoms with van der Waals surface area (Å²) < 4.78 is 40.8. The Kier molecular flexibility index (Phi) is 3.58. The second kappa shape index (κ2) is 5.11. The van der Waals surface area contributed by atoms with Crippen molar-refractivity contribution in [3.63, 3.8) is 0 Å². The van der Waals surface area contributed by atoms with Crippen molar-refractivity contribution in [3.05, 3.63) is 29.8 Å². The summed E-state index contributed by atoms with van der Waals surface area (Å²) in [6, 6.07) is 6.62. The van der Waals surface area contributed by atoms with E-state index < -0.39 is 16.2 Å². The van der Waals surface area contributed by atoms with Gasteiger partial charge in [0.25, 0.3) is 10.1 Å². The van der Waals surface area contributed by atoms with Crippen LogP contribution < -0.4 is 0 Å². The van der Waals surface area contributed by atoms with Gasteiger partial charge < -0.3 is 9.47 Å². The summed E-state index contributed by atoms with van der Waals surface area (Å²) >= 11 is 0. The summed E-state index contributed by atoms with van der Waals surface area (Å²) in [6.07, 6.45) is -0.112. The van der Waals surface area contributed by atoms with E-state index in [-0.39, 0.29) is 23.2 Å². The van der Waals surface area contributed by atoms with Crippen molar-refractivity contribution in [2.75, 3.05) is 6.61 Å². The van der Waals surface area contributed by atoms with Crippen molar-refractivity contribution in [3.8, 4) is 0 Å². The first-order valence-electron chi connectivity index (χ1n) is 6.78. The van der Waals surface area contributed by atoms with Crippen molar-refractivity contribution < 1.29 is 22.1 Å². The molecule has 2 heterocycles. The molecule has 0 bridgehead atoms. The molecule has 2 aliphatic heterocycles. The van der Waals surface area contributed by atoms with Crippen LogP contribution in [0.3, 0.4) is 0 Å². The molecular weight excluding hydrogens is 280 g/mol. The average Bonchev–Trinajstić information content (AvgIpc) is 3.08. The van der Waals surface area contributed by atoms with Gasteiger partial charge in [-0.05, 0) is 25.5 Å². The number of hydrogen-bond acceptors (Lipinski definition) is 5. The molecule has 0 aliphatic carbocycles. The lowest BCUT2D eigenvalue weighted by Gasteiger charge is -2.22. The highest BCUT2D eigenvalue weighted by Crippen LogP contribution is 2.38. The van der Waals surface area contributed by atoms with Crippen LogP contribution in [0.2, 0.25) is 0 Å². The van der Waals surface area contributed by atoms with Crippen LogP contribution >= 0.6 is 0 Å². The molecule has 4 atom stereocenters. The number of ether oxygens (including phenoxy) is 2. The molecule has 0 radical (unpaired) electrons. The van der Waals surface area contributed by atoms with E-state index in [1.807, 2.05) is 13.8 Å².